The molecule has 1 saturated carbocycles. The van der Waals surface area contributed by atoms with E-state index in [2.05, 4.69) is 0 Å². The lowest BCUT2D eigenvalue weighted by atomic mass is 9.77. The van der Waals surface area contributed by atoms with Gasteiger partial charge in [0.15, 0.2) is 5.79 Å². The van der Waals surface area contributed by atoms with E-state index >= 15 is 0 Å². The van der Waals surface area contributed by atoms with E-state index in [-0.39, 0.29) is 5.97 Å². The lowest BCUT2D eigenvalue weighted by Gasteiger charge is -2.40. The van der Waals surface area contributed by atoms with Gasteiger partial charge in [-0.2, -0.15) is 0 Å². The van der Waals surface area contributed by atoms with E-state index in [9.17, 15) is 9.90 Å². The summed E-state index contributed by atoms with van der Waals surface area (Å²) in [6.45, 7) is 3.36. The van der Waals surface area contributed by atoms with Crippen molar-refractivity contribution in [2.75, 3.05) is 19.8 Å². The Bertz CT molecular complexity index is 538. The van der Waals surface area contributed by atoms with Crippen molar-refractivity contribution in [1.82, 2.24) is 0 Å². The maximum Gasteiger partial charge on any atom is 0.338 e. The van der Waals surface area contributed by atoms with Gasteiger partial charge in [-0.05, 0) is 37.5 Å². The van der Waals surface area contributed by atoms with Gasteiger partial charge < -0.3 is 19.3 Å². The molecule has 120 valence electrons. The fraction of sp³-hybridized carbons (Fsp3) is 0.588. The van der Waals surface area contributed by atoms with E-state index in [1.165, 1.54) is 0 Å². The predicted octanol–water partition coefficient (Wildman–Crippen LogP) is 2.37. The van der Waals surface area contributed by atoms with Crippen molar-refractivity contribution in [3.05, 3.63) is 35.4 Å². The molecule has 1 spiro atoms. The van der Waals surface area contributed by atoms with E-state index < -0.39 is 11.4 Å². The third-order valence-corrected chi connectivity index (χ3v) is 4.56. The molecule has 0 aromatic heterocycles. The molecular formula is C17H22O5. The summed E-state index contributed by atoms with van der Waals surface area (Å²) in [4.78, 5) is 11.8. The summed E-state index contributed by atoms with van der Waals surface area (Å²) in [6, 6.07) is 7.08. The average Bonchev–Trinajstić information content (AvgIpc) is 3.00. The van der Waals surface area contributed by atoms with Crippen molar-refractivity contribution in [3.63, 3.8) is 0 Å². The Labute approximate surface area is 130 Å². The monoisotopic (exact) mass is 306 g/mol. The van der Waals surface area contributed by atoms with Gasteiger partial charge in [-0.3, -0.25) is 0 Å². The molecule has 1 aliphatic heterocycles. The average molecular weight is 306 g/mol. The van der Waals surface area contributed by atoms with Crippen LogP contribution in [0.4, 0.5) is 0 Å². The van der Waals surface area contributed by atoms with Crippen LogP contribution in [0.3, 0.4) is 0 Å². The first-order valence-corrected chi connectivity index (χ1v) is 7.85. The van der Waals surface area contributed by atoms with Crippen molar-refractivity contribution >= 4 is 5.97 Å². The Hall–Kier alpha value is -1.43. The number of aliphatic hydroxyl groups is 1. The second-order valence-corrected chi connectivity index (χ2v) is 5.94. The van der Waals surface area contributed by atoms with Crippen molar-refractivity contribution in [3.8, 4) is 0 Å². The number of carbonyl (C=O) groups excluding carboxylic acids is 1. The highest BCUT2D eigenvalue weighted by molar-refractivity contribution is 5.89. The molecule has 1 heterocycles. The number of hydrogen-bond donors (Lipinski definition) is 1. The highest BCUT2D eigenvalue weighted by atomic mass is 16.7. The van der Waals surface area contributed by atoms with Crippen LogP contribution in [0, 0.1) is 0 Å². The topological polar surface area (TPSA) is 65.0 Å². The van der Waals surface area contributed by atoms with E-state index in [1.807, 2.05) is 6.07 Å². The molecule has 2 aliphatic rings. The number of esters is 1. The number of ether oxygens (including phenoxy) is 3. The van der Waals surface area contributed by atoms with E-state index in [4.69, 9.17) is 14.2 Å². The molecule has 0 amide bonds. The third kappa shape index (κ3) is 2.89. The highest BCUT2D eigenvalue weighted by Crippen LogP contribution is 2.44. The van der Waals surface area contributed by atoms with Gasteiger partial charge in [0, 0.05) is 12.8 Å². The van der Waals surface area contributed by atoms with Gasteiger partial charge in [-0.25, -0.2) is 4.79 Å². The van der Waals surface area contributed by atoms with Crippen LogP contribution >= 0.6 is 0 Å². The molecule has 1 aliphatic carbocycles. The van der Waals surface area contributed by atoms with Crippen LogP contribution in [0.5, 0.6) is 0 Å². The summed E-state index contributed by atoms with van der Waals surface area (Å²) in [5.74, 6) is -0.868. The van der Waals surface area contributed by atoms with Crippen LogP contribution in [0.2, 0.25) is 0 Å². The van der Waals surface area contributed by atoms with Crippen LogP contribution in [0.1, 0.15) is 48.5 Å². The van der Waals surface area contributed by atoms with Crippen LogP contribution in [0.25, 0.3) is 0 Å². The molecule has 22 heavy (non-hydrogen) atoms. The molecule has 5 heteroatoms. The summed E-state index contributed by atoms with van der Waals surface area (Å²) in [6.07, 6.45) is 2.43. The molecule has 1 aromatic rings. The van der Waals surface area contributed by atoms with Gasteiger partial charge in [0.2, 0.25) is 0 Å². The molecule has 2 fully saturated rings. The molecular weight excluding hydrogens is 284 g/mol. The number of hydrogen-bond acceptors (Lipinski definition) is 5. The normalized spacial score (nSPS) is 22.6. The van der Waals surface area contributed by atoms with Gasteiger partial charge in [-0.15, -0.1) is 0 Å². The summed E-state index contributed by atoms with van der Waals surface area (Å²) in [5.41, 5.74) is 0.288. The highest BCUT2D eigenvalue weighted by Gasteiger charge is 2.46. The minimum absolute atomic E-state index is 0.338. The zero-order valence-electron chi connectivity index (χ0n) is 12.8. The first kappa shape index (κ1) is 15.5. The standard InChI is InChI=1S/C17H22O5/c1-2-20-15(18)13-4-3-5-14(12-13)16(19)6-8-17(9-7-16)21-10-11-22-17/h3-5,12,19H,2,6-11H2,1H3. The van der Waals surface area contributed by atoms with Gasteiger partial charge in [0.1, 0.15) is 0 Å². The van der Waals surface area contributed by atoms with Crippen LogP contribution < -0.4 is 0 Å². The van der Waals surface area contributed by atoms with E-state index in [0.717, 1.165) is 5.56 Å². The first-order chi connectivity index (χ1) is 10.6. The van der Waals surface area contributed by atoms with Gasteiger partial charge in [0.05, 0.1) is 31.0 Å². The molecule has 1 aromatic carbocycles. The Morgan fingerprint density at radius 3 is 2.55 bits per heavy atom. The molecule has 1 N–H and O–H groups in total. The summed E-state index contributed by atoms with van der Waals surface area (Å²) >= 11 is 0. The number of rotatable bonds is 3. The Kier molecular flexibility index (Phi) is 4.21. The van der Waals surface area contributed by atoms with Crippen LogP contribution in [-0.4, -0.2) is 36.7 Å². The van der Waals surface area contributed by atoms with Crippen molar-refractivity contribution < 1.29 is 24.1 Å². The second-order valence-electron chi connectivity index (χ2n) is 5.94. The smallest absolute Gasteiger partial charge is 0.338 e. The molecule has 0 bridgehead atoms. The zero-order valence-corrected chi connectivity index (χ0v) is 12.8. The SMILES string of the molecule is CCOC(=O)c1cccc(C2(O)CCC3(CC2)OCCO3)c1. The van der Waals surface area contributed by atoms with Gasteiger partial charge >= 0.3 is 5.97 Å². The van der Waals surface area contributed by atoms with Crippen LogP contribution in [-0.2, 0) is 19.8 Å². The lowest BCUT2D eigenvalue weighted by Crippen LogP contribution is -2.42. The maximum absolute atomic E-state index is 11.8. The number of carbonyl (C=O) groups is 1. The molecule has 0 unspecified atom stereocenters. The summed E-state index contributed by atoms with van der Waals surface area (Å²) < 4.78 is 16.4. The van der Waals surface area contributed by atoms with Crippen molar-refractivity contribution in [2.24, 2.45) is 0 Å². The Morgan fingerprint density at radius 1 is 1.23 bits per heavy atom. The molecule has 3 rings (SSSR count). The summed E-state index contributed by atoms with van der Waals surface area (Å²) in [7, 11) is 0. The largest absolute Gasteiger partial charge is 0.462 e. The minimum atomic E-state index is -0.941. The lowest BCUT2D eigenvalue weighted by molar-refractivity contribution is -0.204. The quantitative estimate of drug-likeness (QED) is 0.869. The Morgan fingerprint density at radius 2 is 1.91 bits per heavy atom. The van der Waals surface area contributed by atoms with E-state index in [0.29, 0.717) is 51.1 Å². The third-order valence-electron chi connectivity index (χ3n) is 4.56. The fourth-order valence-electron chi connectivity index (χ4n) is 3.27. The molecule has 5 nitrogen and oxygen atoms in total. The van der Waals surface area contributed by atoms with Crippen molar-refractivity contribution in [1.29, 1.82) is 0 Å². The zero-order chi connectivity index (χ0) is 15.6. The minimum Gasteiger partial charge on any atom is -0.462 e. The fourth-order valence-corrected chi connectivity index (χ4v) is 3.27. The van der Waals surface area contributed by atoms with Gasteiger partial charge in [0.25, 0.3) is 0 Å². The summed E-state index contributed by atoms with van der Waals surface area (Å²) in [5, 5.41) is 11.0. The van der Waals surface area contributed by atoms with Crippen LogP contribution in [0.15, 0.2) is 24.3 Å². The predicted molar refractivity (Wildman–Crippen MR) is 79.4 cm³/mol. The second kappa shape index (κ2) is 5.99. The van der Waals surface area contributed by atoms with Gasteiger partial charge in [-0.1, -0.05) is 12.1 Å². The first-order valence-electron chi connectivity index (χ1n) is 7.85. The maximum atomic E-state index is 11.8. The molecule has 0 atom stereocenters. The Balaban J connectivity index is 1.76. The van der Waals surface area contributed by atoms with Crippen molar-refractivity contribution in [2.45, 2.75) is 44.0 Å². The molecule has 1 saturated heterocycles. The molecule has 0 radical (unpaired) electrons. The van der Waals surface area contributed by atoms with E-state index in [1.54, 1.807) is 25.1 Å². The number of benzene rings is 1.